The number of aryl methyl sites for hydroxylation is 1. The molecule has 1 amide bonds. The van der Waals surface area contributed by atoms with Gasteiger partial charge in [0.2, 0.25) is 5.91 Å². The fourth-order valence-corrected chi connectivity index (χ4v) is 3.15. The van der Waals surface area contributed by atoms with Gasteiger partial charge in [-0.1, -0.05) is 40.9 Å². The van der Waals surface area contributed by atoms with E-state index in [9.17, 15) is 4.79 Å². The van der Waals surface area contributed by atoms with Crippen molar-refractivity contribution < 1.29 is 4.79 Å². The zero-order valence-electron chi connectivity index (χ0n) is 15.0. The van der Waals surface area contributed by atoms with Crippen molar-refractivity contribution in [3.8, 4) is 0 Å². The van der Waals surface area contributed by atoms with Crippen LogP contribution >= 0.6 is 34.8 Å². The van der Waals surface area contributed by atoms with Crippen molar-refractivity contribution in [3.05, 3.63) is 62.5 Å². The molecular formula is C18H18Cl3N5O. The Morgan fingerprint density at radius 2 is 1.89 bits per heavy atom. The van der Waals surface area contributed by atoms with Crippen molar-refractivity contribution in [3.63, 3.8) is 0 Å². The minimum absolute atomic E-state index is 0.225. The quantitative estimate of drug-likeness (QED) is 0.631. The minimum Gasteiger partial charge on any atom is -0.307 e. The fourth-order valence-electron chi connectivity index (χ4n) is 2.70. The summed E-state index contributed by atoms with van der Waals surface area (Å²) in [5.41, 5.74) is 2.40. The highest BCUT2D eigenvalue weighted by molar-refractivity contribution is 6.42. The number of anilines is 1. The van der Waals surface area contributed by atoms with Gasteiger partial charge in [-0.05, 0) is 38.5 Å². The first-order chi connectivity index (χ1) is 12.8. The van der Waals surface area contributed by atoms with Crippen LogP contribution in [0.4, 0.5) is 5.82 Å². The van der Waals surface area contributed by atoms with Crippen LogP contribution in [0.1, 0.15) is 29.9 Å². The Hall–Kier alpha value is -2.02. The number of benzene rings is 1. The number of hydrogen-bond acceptors (Lipinski definition) is 3. The molecule has 0 saturated carbocycles. The van der Waals surface area contributed by atoms with Crippen LogP contribution in [0.25, 0.3) is 0 Å². The first kappa shape index (κ1) is 19.7. The summed E-state index contributed by atoms with van der Waals surface area (Å²) >= 11 is 18.1. The lowest BCUT2D eigenvalue weighted by molar-refractivity contribution is -0.119. The summed E-state index contributed by atoms with van der Waals surface area (Å²) < 4.78 is 3.32. The molecule has 0 saturated heterocycles. The lowest BCUT2D eigenvalue weighted by Crippen LogP contribution is -2.25. The number of halogens is 3. The maximum atomic E-state index is 12.5. The number of hydrogen-bond donors (Lipinski definition) is 1. The summed E-state index contributed by atoms with van der Waals surface area (Å²) in [6.45, 7) is 5.91. The maximum absolute atomic E-state index is 12.5. The highest BCUT2D eigenvalue weighted by Crippen LogP contribution is 2.24. The van der Waals surface area contributed by atoms with Gasteiger partial charge in [0.1, 0.15) is 6.04 Å². The number of nitrogens with zero attached hydrogens (tertiary/aromatic N) is 4. The predicted molar refractivity (Wildman–Crippen MR) is 108 cm³/mol. The number of rotatable bonds is 5. The van der Waals surface area contributed by atoms with Crippen LogP contribution < -0.4 is 5.32 Å². The number of amides is 1. The smallest absolute Gasteiger partial charge is 0.250 e. The lowest BCUT2D eigenvalue weighted by atomic mass is 10.2. The average molecular weight is 427 g/mol. The molecule has 3 aromatic rings. The van der Waals surface area contributed by atoms with Crippen molar-refractivity contribution in [2.75, 3.05) is 5.32 Å². The van der Waals surface area contributed by atoms with Crippen LogP contribution in [-0.4, -0.2) is 25.5 Å². The molecule has 0 aliphatic rings. The molecular weight excluding hydrogens is 409 g/mol. The standard InChI is InChI=1S/C18H18Cl3N5O/c1-10-17(21)11(2)26(23-10)12(3)18(27)22-16-6-7-25(24-16)9-13-4-5-14(19)15(20)8-13/h4-8,12H,9H2,1-3H3,(H,22,24,27). The van der Waals surface area contributed by atoms with Crippen molar-refractivity contribution in [1.82, 2.24) is 19.6 Å². The van der Waals surface area contributed by atoms with E-state index in [1.54, 1.807) is 47.6 Å². The van der Waals surface area contributed by atoms with E-state index >= 15 is 0 Å². The van der Waals surface area contributed by atoms with E-state index in [2.05, 4.69) is 15.5 Å². The van der Waals surface area contributed by atoms with Gasteiger partial charge in [-0.3, -0.25) is 14.2 Å². The molecule has 3 rings (SSSR count). The summed E-state index contributed by atoms with van der Waals surface area (Å²) in [7, 11) is 0. The Balaban J connectivity index is 1.68. The molecule has 2 heterocycles. The number of carbonyl (C=O) groups is 1. The van der Waals surface area contributed by atoms with Gasteiger partial charge in [0.25, 0.3) is 0 Å². The molecule has 0 aliphatic carbocycles. The summed E-state index contributed by atoms with van der Waals surface area (Å²) in [5.74, 6) is 0.233. The van der Waals surface area contributed by atoms with Gasteiger partial charge in [-0.2, -0.15) is 10.2 Å². The molecule has 2 aromatic heterocycles. The lowest BCUT2D eigenvalue weighted by Gasteiger charge is -2.13. The number of carbonyl (C=O) groups excluding carboxylic acids is 1. The van der Waals surface area contributed by atoms with E-state index < -0.39 is 6.04 Å². The zero-order chi connectivity index (χ0) is 19.7. The van der Waals surface area contributed by atoms with E-state index in [1.807, 2.05) is 13.0 Å². The van der Waals surface area contributed by atoms with Gasteiger partial charge in [0.15, 0.2) is 5.82 Å². The van der Waals surface area contributed by atoms with Gasteiger partial charge in [0.05, 0.1) is 33.0 Å². The Bertz CT molecular complexity index is 995. The van der Waals surface area contributed by atoms with Crippen LogP contribution in [0.2, 0.25) is 15.1 Å². The fraction of sp³-hybridized carbons (Fsp3) is 0.278. The van der Waals surface area contributed by atoms with E-state index in [4.69, 9.17) is 34.8 Å². The molecule has 0 spiro atoms. The van der Waals surface area contributed by atoms with Gasteiger partial charge in [-0.25, -0.2) is 0 Å². The summed E-state index contributed by atoms with van der Waals surface area (Å²) in [6.07, 6.45) is 1.78. The molecule has 6 nitrogen and oxygen atoms in total. The summed E-state index contributed by atoms with van der Waals surface area (Å²) in [6, 6.07) is 6.63. The second-order valence-electron chi connectivity index (χ2n) is 6.24. The second kappa shape index (κ2) is 7.92. The molecule has 142 valence electrons. The zero-order valence-corrected chi connectivity index (χ0v) is 17.3. The molecule has 1 N–H and O–H groups in total. The summed E-state index contributed by atoms with van der Waals surface area (Å²) in [5, 5.41) is 13.1. The molecule has 0 radical (unpaired) electrons. The van der Waals surface area contributed by atoms with E-state index in [1.165, 1.54) is 0 Å². The van der Waals surface area contributed by atoms with Crippen molar-refractivity contribution in [2.24, 2.45) is 0 Å². The van der Waals surface area contributed by atoms with Crippen LogP contribution in [0.5, 0.6) is 0 Å². The highest BCUT2D eigenvalue weighted by atomic mass is 35.5. The van der Waals surface area contributed by atoms with Crippen molar-refractivity contribution >= 4 is 46.5 Å². The molecule has 1 unspecified atom stereocenters. The van der Waals surface area contributed by atoms with Crippen LogP contribution in [0.15, 0.2) is 30.5 Å². The average Bonchev–Trinajstić information content (AvgIpc) is 3.17. The largest absolute Gasteiger partial charge is 0.307 e. The topological polar surface area (TPSA) is 64.7 Å². The first-order valence-corrected chi connectivity index (χ1v) is 9.39. The van der Waals surface area contributed by atoms with Crippen LogP contribution in [0, 0.1) is 13.8 Å². The molecule has 0 aliphatic heterocycles. The van der Waals surface area contributed by atoms with Crippen LogP contribution in [0.3, 0.4) is 0 Å². The molecule has 0 bridgehead atoms. The Morgan fingerprint density at radius 1 is 1.15 bits per heavy atom. The SMILES string of the molecule is Cc1nn(C(C)C(=O)Nc2ccn(Cc3ccc(Cl)c(Cl)c3)n2)c(C)c1Cl. The van der Waals surface area contributed by atoms with Gasteiger partial charge in [-0.15, -0.1) is 0 Å². The van der Waals surface area contributed by atoms with E-state index in [-0.39, 0.29) is 5.91 Å². The molecule has 9 heteroatoms. The molecule has 1 aromatic carbocycles. The minimum atomic E-state index is -0.517. The van der Waals surface area contributed by atoms with Gasteiger partial charge < -0.3 is 5.32 Å². The molecule has 0 fully saturated rings. The van der Waals surface area contributed by atoms with Gasteiger partial charge >= 0.3 is 0 Å². The second-order valence-corrected chi connectivity index (χ2v) is 7.43. The third-order valence-electron chi connectivity index (χ3n) is 4.20. The van der Waals surface area contributed by atoms with E-state index in [0.29, 0.717) is 33.1 Å². The normalized spacial score (nSPS) is 12.2. The maximum Gasteiger partial charge on any atom is 0.250 e. The third kappa shape index (κ3) is 4.29. The first-order valence-electron chi connectivity index (χ1n) is 8.25. The Morgan fingerprint density at radius 3 is 2.52 bits per heavy atom. The van der Waals surface area contributed by atoms with Crippen molar-refractivity contribution in [1.29, 1.82) is 0 Å². The third-order valence-corrected chi connectivity index (χ3v) is 5.49. The Kier molecular flexibility index (Phi) is 5.79. The Labute approximate surface area is 172 Å². The van der Waals surface area contributed by atoms with Crippen molar-refractivity contribution in [2.45, 2.75) is 33.4 Å². The molecule has 1 atom stereocenters. The summed E-state index contributed by atoms with van der Waals surface area (Å²) in [4.78, 5) is 12.5. The number of aromatic nitrogens is 4. The van der Waals surface area contributed by atoms with Crippen LogP contribution in [-0.2, 0) is 11.3 Å². The number of nitrogens with one attached hydrogen (secondary N) is 1. The monoisotopic (exact) mass is 425 g/mol. The molecule has 27 heavy (non-hydrogen) atoms. The highest BCUT2D eigenvalue weighted by Gasteiger charge is 2.21. The van der Waals surface area contributed by atoms with E-state index in [0.717, 1.165) is 11.3 Å². The predicted octanol–water partition coefficient (Wildman–Crippen LogP) is 4.90. The van der Waals surface area contributed by atoms with Gasteiger partial charge in [0, 0.05) is 12.3 Å².